The van der Waals surface area contributed by atoms with E-state index >= 15 is 0 Å². The highest BCUT2D eigenvalue weighted by Crippen LogP contribution is 2.32. The molecule has 0 bridgehead atoms. The summed E-state index contributed by atoms with van der Waals surface area (Å²) in [6.07, 6.45) is 3.68. The minimum absolute atomic E-state index is 0.00315. The van der Waals surface area contributed by atoms with Crippen molar-refractivity contribution in [1.29, 1.82) is 0 Å². The Hall–Kier alpha value is -2.45. The maximum Gasteiger partial charge on any atom is 0.276 e. The Bertz CT molecular complexity index is 1130. The van der Waals surface area contributed by atoms with Gasteiger partial charge in [-0.25, -0.2) is 9.50 Å². The fourth-order valence-electron chi connectivity index (χ4n) is 4.68. The van der Waals surface area contributed by atoms with Crippen LogP contribution in [-0.4, -0.2) is 49.4 Å². The van der Waals surface area contributed by atoms with Crippen molar-refractivity contribution in [2.24, 2.45) is 0 Å². The normalized spacial score (nSPS) is 20.1. The van der Waals surface area contributed by atoms with Gasteiger partial charge in [-0.3, -0.25) is 19.6 Å². The van der Waals surface area contributed by atoms with E-state index in [4.69, 9.17) is 4.98 Å². The van der Waals surface area contributed by atoms with Crippen molar-refractivity contribution in [1.82, 2.24) is 24.4 Å². The van der Waals surface area contributed by atoms with E-state index in [0.717, 1.165) is 60.6 Å². The summed E-state index contributed by atoms with van der Waals surface area (Å²) in [5, 5.41) is 5.22. The highest BCUT2D eigenvalue weighted by molar-refractivity contribution is 7.12. The molecule has 1 fully saturated rings. The smallest absolute Gasteiger partial charge is 0.276 e. The number of aromatic amines is 1. The van der Waals surface area contributed by atoms with Crippen molar-refractivity contribution < 1.29 is 4.79 Å². The van der Waals surface area contributed by atoms with Crippen LogP contribution in [-0.2, 0) is 13.0 Å². The largest absolute Gasteiger partial charge is 0.329 e. The number of hydrogen-bond donors (Lipinski definition) is 1. The van der Waals surface area contributed by atoms with Crippen molar-refractivity contribution in [3.63, 3.8) is 0 Å². The van der Waals surface area contributed by atoms with Crippen LogP contribution in [0.25, 0.3) is 5.65 Å². The van der Waals surface area contributed by atoms with Gasteiger partial charge in [0.05, 0.1) is 22.3 Å². The number of rotatable bonds is 3. The number of piperidine rings is 1. The van der Waals surface area contributed by atoms with Crippen LogP contribution in [0.15, 0.2) is 28.4 Å². The molecular formula is C22H27N5O2S. The van der Waals surface area contributed by atoms with Gasteiger partial charge in [0.25, 0.3) is 11.5 Å². The summed E-state index contributed by atoms with van der Waals surface area (Å²) in [4.78, 5) is 36.1. The molecule has 8 heteroatoms. The molecule has 5 heterocycles. The number of aromatic nitrogens is 3. The molecule has 0 aliphatic carbocycles. The Morgan fingerprint density at radius 1 is 1.30 bits per heavy atom. The first-order valence-electron chi connectivity index (χ1n) is 10.7. The standard InChI is InChI=1S/C22H27N5O2S/c1-14(2)25-10-8-15-17(13-25)23-20-12-16(24-27(20)21(15)28)18-6-3-4-9-26(18)22(29)19-7-5-11-30-19/h5,7,11-12,14,18,24H,3-4,6,8-10,13H2,1-2H3/t18-/m1/s1. The summed E-state index contributed by atoms with van der Waals surface area (Å²) in [5.74, 6) is 0.0699. The Balaban J connectivity index is 1.52. The first kappa shape index (κ1) is 19.5. The highest BCUT2D eigenvalue weighted by atomic mass is 32.1. The van der Waals surface area contributed by atoms with Crippen LogP contribution in [0.2, 0.25) is 0 Å². The van der Waals surface area contributed by atoms with Gasteiger partial charge >= 0.3 is 0 Å². The zero-order valence-corrected chi connectivity index (χ0v) is 18.2. The monoisotopic (exact) mass is 425 g/mol. The summed E-state index contributed by atoms with van der Waals surface area (Å²) >= 11 is 1.48. The molecule has 2 aliphatic heterocycles. The lowest BCUT2D eigenvalue weighted by Crippen LogP contribution is -2.40. The number of nitrogens with one attached hydrogen (secondary N) is 1. The molecule has 0 unspecified atom stereocenters. The van der Waals surface area contributed by atoms with Crippen molar-refractivity contribution in [2.45, 2.75) is 58.2 Å². The van der Waals surface area contributed by atoms with Gasteiger partial charge in [0.2, 0.25) is 0 Å². The third-order valence-corrected chi connectivity index (χ3v) is 7.26. The van der Waals surface area contributed by atoms with E-state index in [1.165, 1.54) is 11.3 Å². The lowest BCUT2D eigenvalue weighted by molar-refractivity contribution is 0.0611. The fraction of sp³-hybridized carbons (Fsp3) is 0.500. The maximum atomic E-state index is 13.1. The quantitative estimate of drug-likeness (QED) is 0.699. The van der Waals surface area contributed by atoms with E-state index in [2.05, 4.69) is 23.8 Å². The average molecular weight is 426 g/mol. The number of likely N-dealkylation sites (tertiary alicyclic amines) is 1. The second kappa shape index (κ2) is 7.67. The zero-order chi connectivity index (χ0) is 20.8. The molecule has 3 aromatic rings. The SMILES string of the molecule is CC(C)N1CCc2c(nc3cc([C@H]4CCCCN4C(=O)c4cccs4)[nH]n3c2=O)C1. The first-order chi connectivity index (χ1) is 14.5. The summed E-state index contributed by atoms with van der Waals surface area (Å²) in [6.45, 7) is 6.68. The lowest BCUT2D eigenvalue weighted by atomic mass is 9.99. The number of hydrogen-bond acceptors (Lipinski definition) is 5. The van der Waals surface area contributed by atoms with Gasteiger partial charge in [-0.1, -0.05) is 6.07 Å². The molecule has 1 amide bonds. The number of amides is 1. The first-order valence-corrected chi connectivity index (χ1v) is 11.6. The fourth-order valence-corrected chi connectivity index (χ4v) is 5.36. The molecule has 0 aromatic carbocycles. The molecular weight excluding hydrogens is 398 g/mol. The number of H-pyrrole nitrogens is 1. The highest BCUT2D eigenvalue weighted by Gasteiger charge is 2.31. The molecule has 30 heavy (non-hydrogen) atoms. The van der Waals surface area contributed by atoms with Crippen molar-refractivity contribution in [2.75, 3.05) is 13.1 Å². The number of carbonyl (C=O) groups excluding carboxylic acids is 1. The van der Waals surface area contributed by atoms with Crippen LogP contribution in [0.5, 0.6) is 0 Å². The van der Waals surface area contributed by atoms with Gasteiger partial charge in [0.15, 0.2) is 5.65 Å². The Kier molecular flexibility index (Phi) is 4.99. The van der Waals surface area contributed by atoms with Crippen LogP contribution in [0.4, 0.5) is 0 Å². The lowest BCUT2D eigenvalue weighted by Gasteiger charge is -2.34. The van der Waals surface area contributed by atoms with E-state index in [0.29, 0.717) is 18.2 Å². The average Bonchev–Trinajstić information content (AvgIpc) is 3.43. The maximum absolute atomic E-state index is 13.1. The molecule has 3 aromatic heterocycles. The van der Waals surface area contributed by atoms with E-state index in [-0.39, 0.29) is 17.5 Å². The minimum Gasteiger partial charge on any atom is -0.329 e. The predicted octanol–water partition coefficient (Wildman–Crippen LogP) is 3.22. The minimum atomic E-state index is -0.0568. The number of thiophene rings is 1. The molecule has 0 radical (unpaired) electrons. The third-order valence-electron chi connectivity index (χ3n) is 6.40. The topological polar surface area (TPSA) is 73.7 Å². The zero-order valence-electron chi connectivity index (χ0n) is 17.4. The van der Waals surface area contributed by atoms with E-state index in [1.54, 1.807) is 4.52 Å². The van der Waals surface area contributed by atoms with Crippen LogP contribution in [0.3, 0.4) is 0 Å². The number of nitrogens with zero attached hydrogens (tertiary/aromatic N) is 4. The number of carbonyl (C=O) groups is 1. The predicted molar refractivity (Wildman–Crippen MR) is 117 cm³/mol. The van der Waals surface area contributed by atoms with Crippen LogP contribution in [0.1, 0.15) is 65.8 Å². The van der Waals surface area contributed by atoms with Crippen molar-refractivity contribution in [3.05, 3.63) is 55.8 Å². The van der Waals surface area contributed by atoms with Gasteiger partial charge in [-0.2, -0.15) is 0 Å². The summed E-state index contributed by atoms with van der Waals surface area (Å²) in [5.41, 5.74) is 3.24. The Labute approximate surface area is 179 Å². The van der Waals surface area contributed by atoms with Crippen molar-refractivity contribution >= 4 is 22.9 Å². The third kappa shape index (κ3) is 3.28. The second-order valence-electron chi connectivity index (χ2n) is 8.55. The molecule has 5 rings (SSSR count). The molecule has 0 spiro atoms. The molecule has 0 saturated carbocycles. The summed E-state index contributed by atoms with van der Waals surface area (Å²) < 4.78 is 1.57. The molecule has 2 aliphatic rings. The second-order valence-corrected chi connectivity index (χ2v) is 9.50. The Morgan fingerprint density at radius 3 is 2.93 bits per heavy atom. The molecule has 1 N–H and O–H groups in total. The number of fused-ring (bicyclic) bond motifs is 2. The van der Waals surface area contributed by atoms with Crippen LogP contribution < -0.4 is 5.56 Å². The van der Waals surface area contributed by atoms with Crippen LogP contribution >= 0.6 is 11.3 Å². The molecule has 7 nitrogen and oxygen atoms in total. The van der Waals surface area contributed by atoms with Crippen molar-refractivity contribution in [3.8, 4) is 0 Å². The molecule has 1 atom stereocenters. The van der Waals surface area contributed by atoms with Gasteiger partial charge in [0.1, 0.15) is 0 Å². The molecule has 158 valence electrons. The summed E-state index contributed by atoms with van der Waals surface area (Å²) in [7, 11) is 0. The van der Waals surface area contributed by atoms with E-state index in [1.807, 2.05) is 28.5 Å². The molecule has 1 saturated heterocycles. The summed E-state index contributed by atoms with van der Waals surface area (Å²) in [6, 6.07) is 6.12. The van der Waals surface area contributed by atoms with E-state index < -0.39 is 0 Å². The van der Waals surface area contributed by atoms with Gasteiger partial charge in [0, 0.05) is 37.3 Å². The van der Waals surface area contributed by atoms with Crippen LogP contribution in [0, 0.1) is 0 Å². The van der Waals surface area contributed by atoms with Gasteiger partial charge in [-0.05, 0) is 51.0 Å². The van der Waals surface area contributed by atoms with Gasteiger partial charge in [-0.15, -0.1) is 11.3 Å². The van der Waals surface area contributed by atoms with Gasteiger partial charge < -0.3 is 4.90 Å². The Morgan fingerprint density at radius 2 is 2.17 bits per heavy atom. The van der Waals surface area contributed by atoms with E-state index in [9.17, 15) is 9.59 Å².